The second-order valence-electron chi connectivity index (χ2n) is 5.16. The van der Waals surface area contributed by atoms with Crippen LogP contribution in [0.25, 0.3) is 0 Å². The van der Waals surface area contributed by atoms with Crippen LogP contribution in [-0.4, -0.2) is 16.1 Å². The van der Waals surface area contributed by atoms with Gasteiger partial charge < -0.3 is 4.74 Å². The predicted molar refractivity (Wildman–Crippen MR) is 67.9 cm³/mol. The van der Waals surface area contributed by atoms with Crippen LogP contribution in [0.5, 0.6) is 0 Å². The molecule has 2 fully saturated rings. The Morgan fingerprint density at radius 1 is 1.29 bits per heavy atom. The molecule has 2 heteroatoms. The molecule has 0 radical (unpaired) electrons. The van der Waals surface area contributed by atoms with Crippen LogP contribution in [-0.2, 0) is 4.74 Å². The van der Waals surface area contributed by atoms with E-state index in [-0.39, 0.29) is 5.60 Å². The summed E-state index contributed by atoms with van der Waals surface area (Å²) >= 11 is 2.46. The molecule has 0 aromatic carbocycles. The van der Waals surface area contributed by atoms with Crippen LogP contribution in [0.15, 0.2) is 0 Å². The maximum atomic E-state index is 6.31. The molecule has 1 aliphatic heterocycles. The fourth-order valence-electron chi connectivity index (χ4n) is 3.20. The lowest BCUT2D eigenvalue weighted by molar-refractivity contribution is -0.103. The van der Waals surface area contributed by atoms with E-state index in [1.807, 2.05) is 0 Å². The van der Waals surface area contributed by atoms with Gasteiger partial charge in [0.25, 0.3) is 0 Å². The fourth-order valence-corrected chi connectivity index (χ4v) is 3.82. The van der Waals surface area contributed by atoms with E-state index in [9.17, 15) is 0 Å². The summed E-state index contributed by atoms with van der Waals surface area (Å²) in [4.78, 5) is 0. The zero-order valence-electron chi connectivity index (χ0n) is 9.26. The van der Waals surface area contributed by atoms with E-state index in [2.05, 4.69) is 36.4 Å². The highest BCUT2D eigenvalue weighted by Crippen LogP contribution is 2.47. The van der Waals surface area contributed by atoms with Gasteiger partial charge in [-0.1, -0.05) is 49.3 Å². The SMILES string of the molecule is CC1CCCC2(CCC(CI)O2)C1C. The lowest BCUT2D eigenvalue weighted by atomic mass is 9.69. The first-order valence-corrected chi connectivity index (χ1v) is 7.44. The Kier molecular flexibility index (Phi) is 3.42. The monoisotopic (exact) mass is 308 g/mol. The van der Waals surface area contributed by atoms with Crippen LogP contribution in [0.1, 0.15) is 46.0 Å². The third-order valence-electron chi connectivity index (χ3n) is 4.41. The average Bonchev–Trinajstić information content (AvgIpc) is 2.59. The van der Waals surface area contributed by atoms with Crippen LogP contribution in [0, 0.1) is 11.8 Å². The van der Waals surface area contributed by atoms with Gasteiger partial charge in [0.05, 0.1) is 11.7 Å². The Hall–Kier alpha value is 0.690. The Morgan fingerprint density at radius 2 is 2.07 bits per heavy atom. The smallest absolute Gasteiger partial charge is 0.0715 e. The third kappa shape index (κ3) is 1.84. The van der Waals surface area contributed by atoms with Gasteiger partial charge in [0.15, 0.2) is 0 Å². The molecular weight excluding hydrogens is 287 g/mol. The van der Waals surface area contributed by atoms with Crippen LogP contribution >= 0.6 is 22.6 Å². The van der Waals surface area contributed by atoms with Gasteiger partial charge in [-0.3, -0.25) is 0 Å². The number of hydrogen-bond donors (Lipinski definition) is 0. The Labute approximate surface area is 101 Å². The third-order valence-corrected chi connectivity index (χ3v) is 5.39. The summed E-state index contributed by atoms with van der Waals surface area (Å²) < 4.78 is 7.48. The van der Waals surface area contributed by atoms with Gasteiger partial charge in [-0.05, 0) is 31.1 Å². The Balaban J connectivity index is 2.07. The van der Waals surface area contributed by atoms with E-state index < -0.39 is 0 Å². The second kappa shape index (κ2) is 4.28. The number of alkyl halides is 1. The highest BCUT2D eigenvalue weighted by molar-refractivity contribution is 14.1. The molecule has 1 saturated heterocycles. The minimum absolute atomic E-state index is 0.271. The van der Waals surface area contributed by atoms with Crippen LogP contribution < -0.4 is 0 Å². The van der Waals surface area contributed by atoms with E-state index in [0.29, 0.717) is 6.10 Å². The fraction of sp³-hybridized carbons (Fsp3) is 1.00. The van der Waals surface area contributed by atoms with Crippen molar-refractivity contribution in [3.63, 3.8) is 0 Å². The molecule has 0 N–H and O–H groups in total. The average molecular weight is 308 g/mol. The molecule has 0 amide bonds. The second-order valence-corrected chi connectivity index (χ2v) is 6.04. The highest BCUT2D eigenvalue weighted by atomic mass is 127. The maximum absolute atomic E-state index is 6.31. The zero-order chi connectivity index (χ0) is 10.2. The van der Waals surface area contributed by atoms with Crippen molar-refractivity contribution in [3.05, 3.63) is 0 Å². The van der Waals surface area contributed by atoms with E-state index in [1.54, 1.807) is 0 Å². The molecule has 4 unspecified atom stereocenters. The summed E-state index contributed by atoms with van der Waals surface area (Å²) in [6.45, 7) is 4.80. The normalized spacial score (nSPS) is 48.6. The summed E-state index contributed by atoms with van der Waals surface area (Å²) in [6.07, 6.45) is 7.24. The van der Waals surface area contributed by atoms with E-state index in [4.69, 9.17) is 4.74 Å². The van der Waals surface area contributed by atoms with Gasteiger partial charge in [0, 0.05) is 4.43 Å². The number of ether oxygens (including phenoxy) is 1. The van der Waals surface area contributed by atoms with Crippen LogP contribution in [0.4, 0.5) is 0 Å². The molecule has 14 heavy (non-hydrogen) atoms. The van der Waals surface area contributed by atoms with Gasteiger partial charge in [0.1, 0.15) is 0 Å². The molecule has 0 aromatic rings. The van der Waals surface area contributed by atoms with Crippen molar-refractivity contribution in [3.8, 4) is 0 Å². The lowest BCUT2D eigenvalue weighted by Gasteiger charge is -2.43. The maximum Gasteiger partial charge on any atom is 0.0715 e. The van der Waals surface area contributed by atoms with Crippen molar-refractivity contribution >= 4 is 22.6 Å². The number of rotatable bonds is 1. The van der Waals surface area contributed by atoms with Crippen molar-refractivity contribution < 1.29 is 4.74 Å². The van der Waals surface area contributed by atoms with Gasteiger partial charge in [0.2, 0.25) is 0 Å². The van der Waals surface area contributed by atoms with Crippen LogP contribution in [0.2, 0.25) is 0 Å². The van der Waals surface area contributed by atoms with E-state index in [1.165, 1.54) is 36.5 Å². The van der Waals surface area contributed by atoms with Gasteiger partial charge in [-0.2, -0.15) is 0 Å². The summed E-state index contributed by atoms with van der Waals surface area (Å²) in [5.74, 6) is 1.63. The summed E-state index contributed by atoms with van der Waals surface area (Å²) in [7, 11) is 0. The molecule has 1 heterocycles. The van der Waals surface area contributed by atoms with E-state index in [0.717, 1.165) is 11.8 Å². The first kappa shape index (κ1) is 11.2. The summed E-state index contributed by atoms with van der Waals surface area (Å²) in [5.41, 5.74) is 0.271. The zero-order valence-corrected chi connectivity index (χ0v) is 11.4. The topological polar surface area (TPSA) is 9.23 Å². The molecule has 1 spiro atoms. The molecule has 1 nitrogen and oxygen atoms in total. The molecule has 1 saturated carbocycles. The highest BCUT2D eigenvalue weighted by Gasteiger charge is 2.47. The van der Waals surface area contributed by atoms with Gasteiger partial charge >= 0.3 is 0 Å². The van der Waals surface area contributed by atoms with E-state index >= 15 is 0 Å². The van der Waals surface area contributed by atoms with Gasteiger partial charge in [-0.25, -0.2) is 0 Å². The molecule has 1 aliphatic carbocycles. The van der Waals surface area contributed by atoms with Gasteiger partial charge in [-0.15, -0.1) is 0 Å². The molecule has 0 bridgehead atoms. The first-order chi connectivity index (χ1) is 6.68. The Morgan fingerprint density at radius 3 is 2.71 bits per heavy atom. The standard InChI is InChI=1S/C12H21IO/c1-9-4-3-6-12(10(9)2)7-5-11(8-13)14-12/h9-11H,3-8H2,1-2H3. The predicted octanol–water partition coefficient (Wildman–Crippen LogP) is 3.80. The van der Waals surface area contributed by atoms with Crippen LogP contribution in [0.3, 0.4) is 0 Å². The molecule has 2 rings (SSSR count). The lowest BCUT2D eigenvalue weighted by Crippen LogP contribution is -2.43. The largest absolute Gasteiger partial charge is 0.371 e. The van der Waals surface area contributed by atoms with Crippen molar-refractivity contribution in [1.82, 2.24) is 0 Å². The molecule has 0 aromatic heterocycles. The van der Waals surface area contributed by atoms with Crippen molar-refractivity contribution in [2.45, 2.75) is 57.7 Å². The summed E-state index contributed by atoms with van der Waals surface area (Å²) in [6, 6.07) is 0. The minimum atomic E-state index is 0.271. The molecule has 4 atom stereocenters. The molecule has 82 valence electrons. The van der Waals surface area contributed by atoms with Crippen molar-refractivity contribution in [2.75, 3.05) is 4.43 Å². The summed E-state index contributed by atoms with van der Waals surface area (Å²) in [5, 5.41) is 0. The molecular formula is C12H21IO. The number of halogens is 1. The van der Waals surface area contributed by atoms with Crippen molar-refractivity contribution in [1.29, 1.82) is 0 Å². The number of hydrogen-bond acceptors (Lipinski definition) is 1. The quantitative estimate of drug-likeness (QED) is 0.529. The first-order valence-electron chi connectivity index (χ1n) is 5.92. The molecule has 2 aliphatic rings. The minimum Gasteiger partial charge on any atom is -0.371 e. The van der Waals surface area contributed by atoms with Crippen molar-refractivity contribution in [2.24, 2.45) is 11.8 Å². The Bertz CT molecular complexity index is 206.